The van der Waals surface area contributed by atoms with E-state index in [0.29, 0.717) is 11.8 Å². The maximum absolute atomic E-state index is 13.4. The second-order valence-electron chi connectivity index (χ2n) is 6.31. The van der Waals surface area contributed by atoms with Gasteiger partial charge in [-0.15, -0.1) is 10.2 Å². The van der Waals surface area contributed by atoms with E-state index in [1.807, 2.05) is 61.5 Å². The van der Waals surface area contributed by atoms with E-state index in [2.05, 4.69) is 15.5 Å². The van der Waals surface area contributed by atoms with E-state index in [1.165, 1.54) is 12.1 Å². The van der Waals surface area contributed by atoms with Crippen molar-refractivity contribution >= 4 is 5.69 Å². The fourth-order valence-corrected chi connectivity index (χ4v) is 2.89. The van der Waals surface area contributed by atoms with Crippen LogP contribution in [0.5, 0.6) is 0 Å². The molecule has 0 aliphatic carbocycles. The lowest BCUT2D eigenvalue weighted by Gasteiger charge is -2.17. The van der Waals surface area contributed by atoms with Crippen LogP contribution in [0.3, 0.4) is 0 Å². The number of nitrogens with zero attached hydrogens (tertiary/aromatic N) is 2. The number of halogens is 1. The highest BCUT2D eigenvalue weighted by Crippen LogP contribution is 2.28. The van der Waals surface area contributed by atoms with Crippen molar-refractivity contribution in [2.24, 2.45) is 0 Å². The molecule has 3 aromatic carbocycles. The molecule has 1 atom stereocenters. The Morgan fingerprint density at radius 1 is 0.889 bits per heavy atom. The Morgan fingerprint density at radius 3 is 2.41 bits per heavy atom. The van der Waals surface area contributed by atoms with Crippen molar-refractivity contribution in [3.63, 3.8) is 0 Å². The number of nitrogens with one attached hydrogen (secondary N) is 1. The molecule has 0 aliphatic heterocycles. The van der Waals surface area contributed by atoms with Crippen LogP contribution in [-0.2, 0) is 0 Å². The zero-order chi connectivity index (χ0) is 18.6. The van der Waals surface area contributed by atoms with Gasteiger partial charge < -0.3 is 9.73 Å². The van der Waals surface area contributed by atoms with Crippen LogP contribution in [0.4, 0.5) is 10.1 Å². The number of anilines is 1. The Balaban J connectivity index is 1.71. The summed E-state index contributed by atoms with van der Waals surface area (Å²) in [5.41, 5.74) is 3.74. The van der Waals surface area contributed by atoms with Crippen molar-refractivity contribution in [1.82, 2.24) is 10.2 Å². The maximum Gasteiger partial charge on any atom is 0.247 e. The monoisotopic (exact) mass is 359 g/mol. The summed E-state index contributed by atoms with van der Waals surface area (Å²) in [6, 6.07) is 23.5. The van der Waals surface area contributed by atoms with Gasteiger partial charge in [0, 0.05) is 11.3 Å². The normalized spacial score (nSPS) is 11.9. The molecular weight excluding hydrogens is 341 g/mol. The lowest BCUT2D eigenvalue weighted by atomic mass is 10.1. The zero-order valence-corrected chi connectivity index (χ0v) is 14.8. The van der Waals surface area contributed by atoms with Crippen LogP contribution < -0.4 is 5.32 Å². The molecule has 0 radical (unpaired) electrons. The molecule has 4 aromatic rings. The Morgan fingerprint density at radius 2 is 1.67 bits per heavy atom. The van der Waals surface area contributed by atoms with E-state index in [4.69, 9.17) is 4.42 Å². The summed E-state index contributed by atoms with van der Waals surface area (Å²) < 4.78 is 19.3. The van der Waals surface area contributed by atoms with Crippen LogP contribution in [-0.4, -0.2) is 10.2 Å². The second-order valence-corrected chi connectivity index (χ2v) is 6.31. The second kappa shape index (κ2) is 7.41. The first-order valence-corrected chi connectivity index (χ1v) is 8.66. The standard InChI is InChI=1S/C22H18FN3O/c1-15-6-5-9-19(14-15)24-20(16-10-12-18(23)13-11-16)22-26-25-21(27-22)17-7-3-2-4-8-17/h2-14,20,24H,1H3/t20-/m0/s1. The van der Waals surface area contributed by atoms with E-state index < -0.39 is 6.04 Å². The number of hydrogen-bond donors (Lipinski definition) is 1. The van der Waals surface area contributed by atoms with Gasteiger partial charge in [-0.05, 0) is 54.4 Å². The van der Waals surface area contributed by atoms with E-state index in [9.17, 15) is 4.39 Å². The molecule has 1 N–H and O–H groups in total. The molecule has 0 saturated heterocycles. The highest BCUT2D eigenvalue weighted by Gasteiger charge is 2.21. The molecule has 0 amide bonds. The van der Waals surface area contributed by atoms with Crippen LogP contribution in [0.15, 0.2) is 83.3 Å². The predicted molar refractivity (Wildman–Crippen MR) is 103 cm³/mol. The average molecular weight is 359 g/mol. The molecule has 5 heteroatoms. The summed E-state index contributed by atoms with van der Waals surface area (Å²) >= 11 is 0. The van der Waals surface area contributed by atoms with E-state index >= 15 is 0 Å². The minimum Gasteiger partial charge on any atom is -0.418 e. The fraction of sp³-hybridized carbons (Fsp3) is 0.0909. The Kier molecular flexibility index (Phi) is 4.66. The Labute approximate surface area is 156 Å². The summed E-state index contributed by atoms with van der Waals surface area (Å²) in [5.74, 6) is 0.578. The summed E-state index contributed by atoms with van der Waals surface area (Å²) in [5, 5.41) is 11.8. The molecular formula is C22H18FN3O. The van der Waals surface area contributed by atoms with Crippen LogP contribution in [0, 0.1) is 12.7 Å². The van der Waals surface area contributed by atoms with Crippen molar-refractivity contribution in [3.05, 3.63) is 102 Å². The highest BCUT2D eigenvalue weighted by molar-refractivity contribution is 5.53. The van der Waals surface area contributed by atoms with Crippen molar-refractivity contribution in [2.45, 2.75) is 13.0 Å². The molecule has 1 aromatic heterocycles. The Hall–Kier alpha value is -3.47. The number of rotatable bonds is 5. The Bertz CT molecular complexity index is 1030. The zero-order valence-electron chi connectivity index (χ0n) is 14.8. The molecule has 4 nitrogen and oxygen atoms in total. The van der Waals surface area contributed by atoms with Crippen molar-refractivity contribution in [1.29, 1.82) is 0 Å². The van der Waals surface area contributed by atoms with Gasteiger partial charge in [0.1, 0.15) is 11.9 Å². The molecule has 0 spiro atoms. The molecule has 134 valence electrons. The van der Waals surface area contributed by atoms with Gasteiger partial charge in [-0.1, -0.05) is 42.5 Å². The summed E-state index contributed by atoms with van der Waals surface area (Å²) in [7, 11) is 0. The SMILES string of the molecule is Cc1cccc(N[C@@H](c2ccc(F)cc2)c2nnc(-c3ccccc3)o2)c1. The van der Waals surface area contributed by atoms with E-state index in [0.717, 1.165) is 22.4 Å². The van der Waals surface area contributed by atoms with Crippen molar-refractivity contribution in [2.75, 3.05) is 5.32 Å². The van der Waals surface area contributed by atoms with E-state index in [1.54, 1.807) is 12.1 Å². The molecule has 27 heavy (non-hydrogen) atoms. The molecule has 0 unspecified atom stereocenters. The molecule has 0 aliphatic rings. The summed E-state index contributed by atoms with van der Waals surface area (Å²) in [4.78, 5) is 0. The minimum absolute atomic E-state index is 0.288. The number of benzene rings is 3. The lowest BCUT2D eigenvalue weighted by molar-refractivity contribution is 0.494. The third-order valence-corrected chi connectivity index (χ3v) is 4.24. The van der Waals surface area contributed by atoms with Gasteiger partial charge >= 0.3 is 0 Å². The van der Waals surface area contributed by atoms with Gasteiger partial charge in [0.25, 0.3) is 0 Å². The molecule has 0 saturated carbocycles. The van der Waals surface area contributed by atoms with Crippen molar-refractivity contribution < 1.29 is 8.81 Å². The minimum atomic E-state index is -0.391. The van der Waals surface area contributed by atoms with Gasteiger partial charge in [0.15, 0.2) is 0 Å². The van der Waals surface area contributed by atoms with E-state index in [-0.39, 0.29) is 5.82 Å². The highest BCUT2D eigenvalue weighted by atomic mass is 19.1. The first-order chi connectivity index (χ1) is 13.2. The predicted octanol–water partition coefficient (Wildman–Crippen LogP) is 5.39. The quantitative estimate of drug-likeness (QED) is 0.519. The van der Waals surface area contributed by atoms with Crippen molar-refractivity contribution in [3.8, 4) is 11.5 Å². The maximum atomic E-state index is 13.4. The van der Waals surface area contributed by atoms with Gasteiger partial charge in [-0.3, -0.25) is 0 Å². The van der Waals surface area contributed by atoms with Gasteiger partial charge in [-0.2, -0.15) is 0 Å². The van der Waals surface area contributed by atoms with Gasteiger partial charge in [0.05, 0.1) is 0 Å². The van der Waals surface area contributed by atoms with Gasteiger partial charge in [-0.25, -0.2) is 4.39 Å². The fourth-order valence-electron chi connectivity index (χ4n) is 2.89. The number of aryl methyl sites for hydroxylation is 1. The third-order valence-electron chi connectivity index (χ3n) is 4.24. The van der Waals surface area contributed by atoms with Gasteiger partial charge in [0.2, 0.25) is 11.8 Å². The summed E-state index contributed by atoms with van der Waals surface area (Å²) in [6.45, 7) is 2.03. The largest absolute Gasteiger partial charge is 0.418 e. The lowest BCUT2D eigenvalue weighted by Crippen LogP contribution is -2.13. The summed E-state index contributed by atoms with van der Waals surface area (Å²) in [6.07, 6.45) is 0. The number of aromatic nitrogens is 2. The van der Waals surface area contributed by atoms with Crippen LogP contribution >= 0.6 is 0 Å². The average Bonchev–Trinajstić information content (AvgIpc) is 3.18. The topological polar surface area (TPSA) is 51.0 Å². The van der Waals surface area contributed by atoms with Crippen LogP contribution in [0.1, 0.15) is 23.1 Å². The first kappa shape index (κ1) is 17.0. The number of hydrogen-bond acceptors (Lipinski definition) is 4. The molecule has 1 heterocycles. The smallest absolute Gasteiger partial charge is 0.247 e. The van der Waals surface area contributed by atoms with Crippen LogP contribution in [0.25, 0.3) is 11.5 Å². The molecule has 4 rings (SSSR count). The molecule has 0 fully saturated rings. The van der Waals surface area contributed by atoms with Crippen LogP contribution in [0.2, 0.25) is 0 Å². The molecule has 0 bridgehead atoms. The first-order valence-electron chi connectivity index (χ1n) is 8.66. The third kappa shape index (κ3) is 3.87.